The molecule has 0 saturated carbocycles. The number of likely N-dealkylation sites (N-methyl/N-ethyl adjacent to an activating group) is 2. The zero-order valence-corrected chi connectivity index (χ0v) is 24.5. The van der Waals surface area contributed by atoms with Crippen molar-refractivity contribution in [2.24, 2.45) is 0 Å². The van der Waals surface area contributed by atoms with E-state index in [9.17, 15) is 10.2 Å². The SMILES string of the molecule is C[NH+](C)CC(O)COc1c(Cl)cc(Cc2cc(Cl)c(OCC(O)C[NH+](C)C)c(Cl)c2)cc1Cl.[Cl-].[Cl-]. The predicted molar refractivity (Wildman–Crippen MR) is 134 cm³/mol. The standard InChI is InChI=1S/C23H30Cl4N2O4.2ClH/c1-28(2)10-16(30)12-32-22-18(24)6-14(7-19(22)25)5-15-8-20(26)23(21(27)9-15)33-13-17(31)11-29(3)4;;/h6-9,16-17,30-31H,5,10-13H2,1-4H3;2*1H. The first-order valence-corrected chi connectivity index (χ1v) is 12.1. The molecule has 0 aliphatic rings. The van der Waals surface area contributed by atoms with Gasteiger partial charge in [-0.25, -0.2) is 0 Å². The molecule has 0 radical (unpaired) electrons. The predicted octanol–water partition coefficient (Wildman–Crippen LogP) is -4.33. The topological polar surface area (TPSA) is 67.8 Å². The van der Waals surface area contributed by atoms with E-state index in [-0.39, 0.29) is 38.0 Å². The summed E-state index contributed by atoms with van der Waals surface area (Å²) in [4.78, 5) is 2.22. The van der Waals surface area contributed by atoms with Crippen molar-refractivity contribution in [2.75, 3.05) is 54.5 Å². The van der Waals surface area contributed by atoms with Crippen LogP contribution in [0.15, 0.2) is 24.3 Å². The molecule has 0 bridgehead atoms. The Morgan fingerprint density at radius 1 is 0.657 bits per heavy atom. The Bertz CT molecular complexity index is 813. The van der Waals surface area contributed by atoms with Crippen LogP contribution in [0.2, 0.25) is 20.1 Å². The highest BCUT2D eigenvalue weighted by molar-refractivity contribution is 6.38. The number of nitrogens with one attached hydrogen (secondary N) is 2. The van der Waals surface area contributed by atoms with Crippen LogP contribution < -0.4 is 44.1 Å². The molecule has 0 heterocycles. The quantitative estimate of drug-likeness (QED) is 0.196. The van der Waals surface area contributed by atoms with Crippen molar-refractivity contribution < 1.29 is 54.3 Å². The van der Waals surface area contributed by atoms with Gasteiger partial charge in [0.05, 0.1) is 48.3 Å². The van der Waals surface area contributed by atoms with Crippen LogP contribution in [0.25, 0.3) is 0 Å². The summed E-state index contributed by atoms with van der Waals surface area (Å²) in [7, 11) is 7.80. The van der Waals surface area contributed by atoms with Gasteiger partial charge in [-0.15, -0.1) is 0 Å². The lowest BCUT2D eigenvalue weighted by Crippen LogP contribution is -3.07. The summed E-state index contributed by atoms with van der Waals surface area (Å²) in [6, 6.07) is 7.05. The summed E-state index contributed by atoms with van der Waals surface area (Å²) in [5, 5.41) is 21.5. The molecule has 0 saturated heterocycles. The summed E-state index contributed by atoms with van der Waals surface area (Å²) in [5.41, 5.74) is 1.70. The molecule has 2 atom stereocenters. The van der Waals surface area contributed by atoms with Gasteiger partial charge in [0.25, 0.3) is 0 Å². The zero-order valence-electron chi connectivity index (χ0n) is 20.0. The number of halogens is 6. The van der Waals surface area contributed by atoms with E-state index in [1.54, 1.807) is 24.3 Å². The van der Waals surface area contributed by atoms with Gasteiger partial charge in [-0.1, -0.05) is 46.4 Å². The third-order valence-corrected chi connectivity index (χ3v) is 5.78. The molecular formula is C23H32Cl6N2O4. The number of aliphatic hydroxyl groups is 2. The lowest BCUT2D eigenvalue weighted by Gasteiger charge is -2.17. The summed E-state index contributed by atoms with van der Waals surface area (Å²) < 4.78 is 11.3. The Hall–Kier alpha value is -0.380. The highest BCUT2D eigenvalue weighted by Crippen LogP contribution is 2.37. The van der Waals surface area contributed by atoms with E-state index in [0.29, 0.717) is 51.1 Å². The van der Waals surface area contributed by atoms with E-state index in [4.69, 9.17) is 55.9 Å². The second-order valence-corrected chi connectivity index (χ2v) is 10.3. The maximum atomic E-state index is 10.0. The summed E-state index contributed by atoms with van der Waals surface area (Å²) in [5.74, 6) is 0.681. The van der Waals surface area contributed by atoms with E-state index in [1.165, 1.54) is 0 Å². The number of hydrogen-bond donors (Lipinski definition) is 4. The van der Waals surface area contributed by atoms with E-state index in [0.717, 1.165) is 20.9 Å². The Balaban J connectivity index is 0.00000578. The van der Waals surface area contributed by atoms with Crippen LogP contribution in [-0.4, -0.2) is 76.9 Å². The molecule has 0 amide bonds. The first-order chi connectivity index (χ1) is 15.5. The molecule has 200 valence electrons. The first kappa shape index (κ1) is 34.6. The lowest BCUT2D eigenvalue weighted by molar-refractivity contribution is -0.861. The summed E-state index contributed by atoms with van der Waals surface area (Å²) in [6.07, 6.45) is -0.771. The molecule has 0 aromatic heterocycles. The van der Waals surface area contributed by atoms with E-state index < -0.39 is 12.2 Å². The van der Waals surface area contributed by atoms with E-state index >= 15 is 0 Å². The van der Waals surface area contributed by atoms with Gasteiger partial charge in [-0.2, -0.15) is 0 Å². The fourth-order valence-electron chi connectivity index (χ4n) is 3.36. The van der Waals surface area contributed by atoms with Gasteiger partial charge in [-0.05, 0) is 41.8 Å². The second-order valence-electron chi connectivity index (χ2n) is 8.71. The maximum Gasteiger partial charge on any atom is 0.156 e. The van der Waals surface area contributed by atoms with Crippen LogP contribution in [0.1, 0.15) is 11.1 Å². The highest BCUT2D eigenvalue weighted by Gasteiger charge is 2.17. The molecule has 0 aliphatic carbocycles. The molecule has 4 N–H and O–H groups in total. The number of ether oxygens (including phenoxy) is 2. The van der Waals surface area contributed by atoms with Gasteiger partial charge >= 0.3 is 0 Å². The van der Waals surface area contributed by atoms with E-state index in [2.05, 4.69) is 0 Å². The Morgan fingerprint density at radius 2 is 0.943 bits per heavy atom. The van der Waals surface area contributed by atoms with Gasteiger partial charge in [0, 0.05) is 0 Å². The second kappa shape index (κ2) is 16.5. The Labute approximate surface area is 239 Å². The molecule has 12 heteroatoms. The van der Waals surface area contributed by atoms with Gasteiger partial charge in [0.15, 0.2) is 11.5 Å². The molecule has 2 aromatic rings. The van der Waals surface area contributed by atoms with Crippen molar-refractivity contribution in [1.29, 1.82) is 0 Å². The average molecular weight is 613 g/mol. The van der Waals surface area contributed by atoms with Crippen molar-refractivity contribution in [2.45, 2.75) is 18.6 Å². The zero-order chi connectivity index (χ0) is 24.7. The van der Waals surface area contributed by atoms with Crippen molar-refractivity contribution in [1.82, 2.24) is 0 Å². The number of aliphatic hydroxyl groups excluding tert-OH is 2. The largest absolute Gasteiger partial charge is 1.00 e. The lowest BCUT2D eigenvalue weighted by atomic mass is 10.0. The monoisotopic (exact) mass is 610 g/mol. The highest BCUT2D eigenvalue weighted by atomic mass is 35.5. The molecule has 0 spiro atoms. The third kappa shape index (κ3) is 11.7. The van der Waals surface area contributed by atoms with Gasteiger partial charge in [-0.3, -0.25) is 0 Å². The minimum absolute atomic E-state index is 0. The average Bonchev–Trinajstić information content (AvgIpc) is 2.65. The van der Waals surface area contributed by atoms with Gasteiger partial charge < -0.3 is 54.3 Å². The van der Waals surface area contributed by atoms with Crippen molar-refractivity contribution in [3.8, 4) is 11.5 Å². The maximum absolute atomic E-state index is 10.0. The first-order valence-electron chi connectivity index (χ1n) is 10.6. The summed E-state index contributed by atoms with van der Waals surface area (Å²) >= 11 is 25.6. The third-order valence-electron chi connectivity index (χ3n) is 4.65. The Kier molecular flexibility index (Phi) is 16.3. The van der Waals surface area contributed by atoms with Crippen LogP contribution >= 0.6 is 46.4 Å². The van der Waals surface area contributed by atoms with Crippen molar-refractivity contribution in [3.63, 3.8) is 0 Å². The molecule has 0 fully saturated rings. The van der Waals surface area contributed by atoms with Crippen molar-refractivity contribution >= 4 is 46.4 Å². The molecular weight excluding hydrogens is 581 g/mol. The molecule has 2 rings (SSSR count). The molecule has 0 aliphatic heterocycles. The molecule has 2 aromatic carbocycles. The fraction of sp³-hybridized carbons (Fsp3) is 0.478. The van der Waals surface area contributed by atoms with E-state index in [1.807, 2.05) is 28.2 Å². The van der Waals surface area contributed by atoms with Crippen molar-refractivity contribution in [3.05, 3.63) is 55.5 Å². The van der Waals surface area contributed by atoms with Gasteiger partial charge in [0.1, 0.15) is 38.5 Å². The van der Waals surface area contributed by atoms with Crippen LogP contribution in [0.5, 0.6) is 11.5 Å². The number of hydrogen-bond acceptors (Lipinski definition) is 4. The molecule has 35 heavy (non-hydrogen) atoms. The fourth-order valence-corrected chi connectivity index (χ4v) is 4.64. The normalized spacial score (nSPS) is 12.7. The number of quaternary nitrogens is 2. The van der Waals surface area contributed by atoms with Crippen LogP contribution in [-0.2, 0) is 6.42 Å². The van der Waals surface area contributed by atoms with Crippen LogP contribution in [0.3, 0.4) is 0 Å². The molecule has 2 unspecified atom stereocenters. The molecule has 6 nitrogen and oxygen atoms in total. The number of rotatable bonds is 12. The number of benzene rings is 2. The van der Waals surface area contributed by atoms with Gasteiger partial charge in [0.2, 0.25) is 0 Å². The van der Waals surface area contributed by atoms with Crippen LogP contribution in [0, 0.1) is 0 Å². The smallest absolute Gasteiger partial charge is 0.156 e. The Morgan fingerprint density at radius 3 is 1.20 bits per heavy atom. The van der Waals surface area contributed by atoms with Crippen LogP contribution in [0.4, 0.5) is 0 Å². The minimum atomic E-state index is -0.628. The summed E-state index contributed by atoms with van der Waals surface area (Å²) in [6.45, 7) is 1.29. The minimum Gasteiger partial charge on any atom is -1.00 e.